The van der Waals surface area contributed by atoms with E-state index in [4.69, 9.17) is 9.84 Å². The number of benzene rings is 1. The molecule has 1 aromatic rings. The van der Waals surface area contributed by atoms with Crippen LogP contribution < -0.4 is 10.1 Å². The average molecular weight is 269 g/mol. The van der Waals surface area contributed by atoms with E-state index in [-0.39, 0.29) is 17.7 Å². The standard InChI is InChI=1S/C12H15NO4S/c1-8(12(16)13-7-11(14)15)18-10-5-3-4-9(6-10)17-2/h3-6,8H,7H2,1-2H3,(H,13,16)(H,14,15). The van der Waals surface area contributed by atoms with Gasteiger partial charge in [-0.3, -0.25) is 9.59 Å². The third-order valence-electron chi connectivity index (χ3n) is 2.14. The summed E-state index contributed by atoms with van der Waals surface area (Å²) in [5.74, 6) is -0.634. The van der Waals surface area contributed by atoms with Crippen molar-refractivity contribution in [2.24, 2.45) is 0 Å². The minimum absolute atomic E-state index is 0.301. The highest BCUT2D eigenvalue weighted by atomic mass is 32.2. The molecule has 0 aliphatic rings. The minimum Gasteiger partial charge on any atom is -0.497 e. The van der Waals surface area contributed by atoms with Gasteiger partial charge >= 0.3 is 5.97 Å². The highest BCUT2D eigenvalue weighted by molar-refractivity contribution is 8.00. The summed E-state index contributed by atoms with van der Waals surface area (Å²) in [4.78, 5) is 22.8. The van der Waals surface area contributed by atoms with Crippen molar-refractivity contribution in [2.45, 2.75) is 17.1 Å². The van der Waals surface area contributed by atoms with Crippen LogP contribution in [-0.2, 0) is 9.59 Å². The molecule has 0 bridgehead atoms. The number of nitrogens with one attached hydrogen (secondary N) is 1. The monoisotopic (exact) mass is 269 g/mol. The summed E-state index contributed by atoms with van der Waals surface area (Å²) in [6, 6.07) is 7.35. The van der Waals surface area contributed by atoms with Crippen LogP contribution in [0.1, 0.15) is 6.92 Å². The number of hydrogen-bond acceptors (Lipinski definition) is 4. The predicted molar refractivity (Wildman–Crippen MR) is 69.0 cm³/mol. The highest BCUT2D eigenvalue weighted by Crippen LogP contribution is 2.26. The van der Waals surface area contributed by atoms with Crippen LogP contribution in [-0.4, -0.2) is 35.9 Å². The number of carbonyl (C=O) groups excluding carboxylic acids is 1. The molecule has 0 saturated carbocycles. The van der Waals surface area contributed by atoms with Gasteiger partial charge in [-0.05, 0) is 25.1 Å². The Kier molecular flexibility index (Phi) is 5.51. The summed E-state index contributed by atoms with van der Waals surface area (Å²) in [5.41, 5.74) is 0. The van der Waals surface area contributed by atoms with Gasteiger partial charge in [0.15, 0.2) is 0 Å². The lowest BCUT2D eigenvalue weighted by atomic mass is 10.3. The average Bonchev–Trinajstić information content (AvgIpc) is 2.36. The van der Waals surface area contributed by atoms with Crippen LogP contribution in [0.3, 0.4) is 0 Å². The number of carbonyl (C=O) groups is 2. The molecule has 2 N–H and O–H groups in total. The molecule has 0 fully saturated rings. The van der Waals surface area contributed by atoms with Gasteiger partial charge in [-0.15, -0.1) is 11.8 Å². The third kappa shape index (κ3) is 4.67. The second-order valence-corrected chi connectivity index (χ2v) is 4.96. The molecule has 1 unspecified atom stereocenters. The molecule has 18 heavy (non-hydrogen) atoms. The van der Waals surface area contributed by atoms with E-state index in [0.29, 0.717) is 0 Å². The van der Waals surface area contributed by atoms with Crippen LogP contribution in [0.2, 0.25) is 0 Å². The van der Waals surface area contributed by atoms with Gasteiger partial charge < -0.3 is 15.2 Å². The van der Waals surface area contributed by atoms with Crippen molar-refractivity contribution in [2.75, 3.05) is 13.7 Å². The Hall–Kier alpha value is -1.69. The van der Waals surface area contributed by atoms with Crippen LogP contribution in [0.4, 0.5) is 0 Å². The van der Waals surface area contributed by atoms with Gasteiger partial charge in [0.25, 0.3) is 0 Å². The first-order valence-electron chi connectivity index (χ1n) is 5.33. The molecule has 0 aromatic heterocycles. The van der Waals surface area contributed by atoms with Gasteiger partial charge in [-0.2, -0.15) is 0 Å². The Morgan fingerprint density at radius 2 is 2.22 bits per heavy atom. The fourth-order valence-electron chi connectivity index (χ4n) is 1.24. The van der Waals surface area contributed by atoms with Gasteiger partial charge in [0.05, 0.1) is 12.4 Å². The van der Waals surface area contributed by atoms with E-state index in [1.807, 2.05) is 24.3 Å². The van der Waals surface area contributed by atoms with Crippen molar-refractivity contribution in [3.8, 4) is 5.75 Å². The van der Waals surface area contributed by atoms with Gasteiger partial charge in [0, 0.05) is 4.90 Å². The Morgan fingerprint density at radius 1 is 1.50 bits per heavy atom. The third-order valence-corrected chi connectivity index (χ3v) is 3.23. The number of amides is 1. The Morgan fingerprint density at radius 3 is 2.83 bits per heavy atom. The molecule has 6 heteroatoms. The molecule has 0 spiro atoms. The second-order valence-electron chi connectivity index (χ2n) is 3.55. The molecule has 1 aromatic carbocycles. The van der Waals surface area contributed by atoms with Crippen LogP contribution in [0.15, 0.2) is 29.2 Å². The SMILES string of the molecule is COc1cccc(SC(C)C(=O)NCC(=O)O)c1. The van der Waals surface area contributed by atoms with Gasteiger partial charge in [0.1, 0.15) is 12.3 Å². The van der Waals surface area contributed by atoms with Gasteiger partial charge in [-0.25, -0.2) is 0 Å². The Balaban J connectivity index is 2.54. The molecule has 1 atom stereocenters. The van der Waals surface area contributed by atoms with Crippen molar-refractivity contribution in [3.05, 3.63) is 24.3 Å². The largest absolute Gasteiger partial charge is 0.497 e. The van der Waals surface area contributed by atoms with Crippen molar-refractivity contribution < 1.29 is 19.4 Å². The maximum Gasteiger partial charge on any atom is 0.322 e. The first kappa shape index (κ1) is 14.4. The van der Waals surface area contributed by atoms with E-state index >= 15 is 0 Å². The van der Waals surface area contributed by atoms with E-state index in [1.165, 1.54) is 11.8 Å². The van der Waals surface area contributed by atoms with E-state index < -0.39 is 5.97 Å². The van der Waals surface area contributed by atoms with Crippen LogP contribution in [0.5, 0.6) is 5.75 Å². The summed E-state index contributed by atoms with van der Waals surface area (Å²) in [6.45, 7) is 1.36. The Bertz CT molecular complexity index is 436. The van der Waals surface area contributed by atoms with E-state index in [0.717, 1.165) is 10.6 Å². The fourth-order valence-corrected chi connectivity index (χ4v) is 2.18. The normalized spacial score (nSPS) is 11.7. The highest BCUT2D eigenvalue weighted by Gasteiger charge is 2.15. The van der Waals surface area contributed by atoms with Gasteiger partial charge in [0.2, 0.25) is 5.91 Å². The van der Waals surface area contributed by atoms with E-state index in [2.05, 4.69) is 5.32 Å². The van der Waals surface area contributed by atoms with Crippen LogP contribution in [0, 0.1) is 0 Å². The van der Waals surface area contributed by atoms with Crippen molar-refractivity contribution >= 4 is 23.6 Å². The molecule has 1 amide bonds. The van der Waals surface area contributed by atoms with Gasteiger partial charge in [-0.1, -0.05) is 6.07 Å². The molecule has 0 heterocycles. The molecular formula is C12H15NO4S. The van der Waals surface area contributed by atoms with Crippen molar-refractivity contribution in [3.63, 3.8) is 0 Å². The number of aliphatic carboxylic acids is 1. The lowest BCUT2D eigenvalue weighted by Crippen LogP contribution is -2.34. The summed E-state index contributed by atoms with van der Waals surface area (Å²) >= 11 is 1.35. The maximum atomic E-state index is 11.6. The fraction of sp³-hybridized carbons (Fsp3) is 0.333. The van der Waals surface area contributed by atoms with E-state index in [1.54, 1.807) is 14.0 Å². The second kappa shape index (κ2) is 6.90. The first-order valence-corrected chi connectivity index (χ1v) is 6.21. The number of thioether (sulfide) groups is 1. The zero-order chi connectivity index (χ0) is 13.5. The summed E-state index contributed by atoms with van der Waals surface area (Å²) < 4.78 is 5.08. The minimum atomic E-state index is -1.05. The maximum absolute atomic E-state index is 11.6. The summed E-state index contributed by atoms with van der Waals surface area (Å²) in [7, 11) is 1.58. The molecule has 1 rings (SSSR count). The summed E-state index contributed by atoms with van der Waals surface area (Å²) in [6.07, 6.45) is 0. The molecule has 0 aliphatic carbocycles. The predicted octanol–water partition coefficient (Wildman–Crippen LogP) is 1.38. The number of hydrogen-bond donors (Lipinski definition) is 2. The molecule has 0 radical (unpaired) electrons. The Labute approximate surface area is 110 Å². The van der Waals surface area contributed by atoms with Crippen molar-refractivity contribution in [1.29, 1.82) is 0 Å². The number of ether oxygens (including phenoxy) is 1. The molecule has 5 nitrogen and oxygen atoms in total. The molecule has 0 aliphatic heterocycles. The smallest absolute Gasteiger partial charge is 0.322 e. The molecule has 0 saturated heterocycles. The quantitative estimate of drug-likeness (QED) is 0.763. The zero-order valence-electron chi connectivity index (χ0n) is 10.2. The summed E-state index contributed by atoms with van der Waals surface area (Å²) in [5, 5.41) is 10.4. The van der Waals surface area contributed by atoms with Crippen molar-refractivity contribution in [1.82, 2.24) is 5.32 Å². The van der Waals surface area contributed by atoms with Crippen LogP contribution in [0.25, 0.3) is 0 Å². The number of rotatable bonds is 6. The molecular weight excluding hydrogens is 254 g/mol. The lowest BCUT2D eigenvalue weighted by Gasteiger charge is -2.11. The van der Waals surface area contributed by atoms with Crippen LogP contribution >= 0.6 is 11.8 Å². The zero-order valence-corrected chi connectivity index (χ0v) is 11.0. The molecule has 98 valence electrons. The lowest BCUT2D eigenvalue weighted by molar-refractivity contribution is -0.137. The first-order chi connectivity index (χ1) is 8.52. The topological polar surface area (TPSA) is 75.6 Å². The van der Waals surface area contributed by atoms with E-state index in [9.17, 15) is 9.59 Å². The number of carboxylic acid groups (broad SMARTS) is 1. The number of carboxylic acids is 1. The number of methoxy groups -OCH3 is 1.